The van der Waals surface area contributed by atoms with E-state index in [0.717, 1.165) is 5.56 Å². The molecule has 0 saturated carbocycles. The number of anilines is 1. The second-order valence-electron chi connectivity index (χ2n) is 6.55. The molecule has 11 heteroatoms. The van der Waals surface area contributed by atoms with Gasteiger partial charge in [0, 0.05) is 24.6 Å². The molecule has 0 aliphatic heterocycles. The summed E-state index contributed by atoms with van der Waals surface area (Å²) in [6.45, 7) is 0.123. The second kappa shape index (κ2) is 11.6. The Hall–Kier alpha value is -4.80. The fourth-order valence-corrected chi connectivity index (χ4v) is 2.49. The van der Waals surface area contributed by atoms with Gasteiger partial charge in [-0.3, -0.25) is 24.2 Å². The summed E-state index contributed by atoms with van der Waals surface area (Å²) in [5.74, 6) is -2.80. The van der Waals surface area contributed by atoms with Crippen molar-refractivity contribution in [3.63, 3.8) is 0 Å². The number of pyridine rings is 1. The monoisotopic (exact) mass is 448 g/mol. The van der Waals surface area contributed by atoms with E-state index in [1.807, 2.05) is 0 Å². The molecule has 0 aliphatic carbocycles. The molecule has 0 unspecified atom stereocenters. The van der Waals surface area contributed by atoms with Crippen LogP contribution in [0.5, 0.6) is 0 Å². The molecule has 3 aromatic rings. The summed E-state index contributed by atoms with van der Waals surface area (Å²) < 4.78 is 5.43. The number of para-hydroxylation sites is 1. The van der Waals surface area contributed by atoms with Crippen molar-refractivity contribution in [2.45, 2.75) is 13.1 Å². The summed E-state index contributed by atoms with van der Waals surface area (Å²) in [6, 6.07) is 15.2. The van der Waals surface area contributed by atoms with Gasteiger partial charge in [-0.1, -0.05) is 24.3 Å². The van der Waals surface area contributed by atoms with Crippen LogP contribution < -0.4 is 21.4 Å². The second-order valence-corrected chi connectivity index (χ2v) is 6.55. The number of carbonyl (C=O) groups is 4. The maximum Gasteiger partial charge on any atom is 0.329 e. The van der Waals surface area contributed by atoms with Crippen LogP contribution in [-0.2, 0) is 32.3 Å². The van der Waals surface area contributed by atoms with Crippen LogP contribution in [0, 0.1) is 0 Å². The molecule has 0 saturated heterocycles. The molecule has 1 aromatic carbocycles. The molecule has 0 bridgehead atoms. The molecule has 33 heavy (non-hydrogen) atoms. The zero-order chi connectivity index (χ0) is 23.5. The molecule has 2 aromatic heterocycles. The predicted molar refractivity (Wildman–Crippen MR) is 117 cm³/mol. The largest absolute Gasteiger partial charge is 0.458 e. The fourth-order valence-electron chi connectivity index (χ4n) is 2.49. The van der Waals surface area contributed by atoms with Gasteiger partial charge in [-0.2, -0.15) is 5.10 Å². The molecule has 0 aliphatic rings. The van der Waals surface area contributed by atoms with E-state index in [2.05, 4.69) is 31.5 Å². The van der Waals surface area contributed by atoms with Gasteiger partial charge in [0.2, 0.25) is 0 Å². The molecular formula is C22H20N6O5. The summed E-state index contributed by atoms with van der Waals surface area (Å²) >= 11 is 0. The summed E-state index contributed by atoms with van der Waals surface area (Å²) in [7, 11) is 0. The van der Waals surface area contributed by atoms with Crippen LogP contribution in [0.2, 0.25) is 0 Å². The molecular weight excluding hydrogens is 428 g/mol. The highest BCUT2D eigenvalue weighted by molar-refractivity contribution is 6.39. The van der Waals surface area contributed by atoms with E-state index in [4.69, 9.17) is 4.42 Å². The Morgan fingerprint density at radius 2 is 1.61 bits per heavy atom. The number of nitrogens with one attached hydrogen (secondary N) is 4. The van der Waals surface area contributed by atoms with Gasteiger partial charge in [0.05, 0.1) is 12.8 Å². The summed E-state index contributed by atoms with van der Waals surface area (Å²) in [5.41, 5.74) is 3.33. The third-order valence-corrected chi connectivity index (χ3v) is 4.08. The Labute approximate surface area is 188 Å². The average molecular weight is 448 g/mol. The van der Waals surface area contributed by atoms with Gasteiger partial charge >= 0.3 is 23.6 Å². The normalized spacial score (nSPS) is 10.4. The first-order valence-corrected chi connectivity index (χ1v) is 9.74. The van der Waals surface area contributed by atoms with Crippen LogP contribution in [0.4, 0.5) is 5.69 Å². The summed E-state index contributed by atoms with van der Waals surface area (Å²) in [4.78, 5) is 51.2. The highest BCUT2D eigenvalue weighted by Gasteiger charge is 2.14. The standard InChI is InChI=1S/C22H20N6O5/c29-19(21(31)27-16-6-2-1-3-7-16)25-13-17-8-9-18(33-17)14-26-28-22(32)20(30)24-12-15-5-4-10-23-11-15/h1-11,14H,12-13H2,(H,24,30)(H,25,29)(H,27,31)(H,28,32)/b26-14+. The Morgan fingerprint density at radius 3 is 2.36 bits per heavy atom. The van der Waals surface area contributed by atoms with E-state index in [1.165, 1.54) is 6.21 Å². The van der Waals surface area contributed by atoms with Crippen LogP contribution >= 0.6 is 0 Å². The molecule has 0 spiro atoms. The first kappa shape index (κ1) is 22.9. The lowest BCUT2D eigenvalue weighted by atomic mass is 10.3. The van der Waals surface area contributed by atoms with E-state index in [1.54, 1.807) is 67.0 Å². The van der Waals surface area contributed by atoms with Crippen molar-refractivity contribution in [1.29, 1.82) is 0 Å². The maximum atomic E-state index is 11.9. The van der Waals surface area contributed by atoms with Crippen LogP contribution in [0.15, 0.2) is 76.5 Å². The highest BCUT2D eigenvalue weighted by atomic mass is 16.3. The van der Waals surface area contributed by atoms with Gasteiger partial charge in [0.25, 0.3) is 0 Å². The van der Waals surface area contributed by atoms with Gasteiger partial charge in [0.15, 0.2) is 0 Å². The lowest BCUT2D eigenvalue weighted by Gasteiger charge is -2.05. The quantitative estimate of drug-likeness (QED) is 0.237. The van der Waals surface area contributed by atoms with Crippen molar-refractivity contribution < 1.29 is 23.6 Å². The lowest BCUT2D eigenvalue weighted by molar-refractivity contribution is -0.139. The Bertz CT molecular complexity index is 1140. The number of benzene rings is 1. The molecule has 2 heterocycles. The predicted octanol–water partition coefficient (Wildman–Crippen LogP) is 0.696. The first-order valence-electron chi connectivity index (χ1n) is 9.74. The zero-order valence-corrected chi connectivity index (χ0v) is 17.3. The number of hydrogen-bond acceptors (Lipinski definition) is 7. The van der Waals surface area contributed by atoms with Crippen molar-refractivity contribution in [2.75, 3.05) is 5.32 Å². The molecule has 0 atom stereocenters. The van der Waals surface area contributed by atoms with E-state index in [9.17, 15) is 19.2 Å². The Morgan fingerprint density at radius 1 is 0.848 bits per heavy atom. The van der Waals surface area contributed by atoms with Gasteiger partial charge in [-0.25, -0.2) is 5.43 Å². The Balaban J connectivity index is 1.39. The number of furan rings is 1. The SMILES string of the molecule is O=C(NCc1cccnc1)C(=O)N/N=C/c1ccc(CNC(=O)C(=O)Nc2ccccc2)o1. The van der Waals surface area contributed by atoms with Crippen LogP contribution in [0.1, 0.15) is 17.1 Å². The number of rotatable bonds is 7. The van der Waals surface area contributed by atoms with Crippen LogP contribution in [-0.4, -0.2) is 34.8 Å². The Kier molecular flexibility index (Phi) is 8.01. The van der Waals surface area contributed by atoms with Crippen LogP contribution in [0.3, 0.4) is 0 Å². The number of aromatic nitrogens is 1. The minimum absolute atomic E-state index is 0.0298. The number of amides is 4. The number of hydrazone groups is 1. The first-order chi connectivity index (χ1) is 16.0. The molecule has 11 nitrogen and oxygen atoms in total. The van der Waals surface area contributed by atoms with Gasteiger partial charge in [-0.05, 0) is 35.9 Å². The molecule has 3 rings (SSSR count). The third-order valence-electron chi connectivity index (χ3n) is 4.08. The van der Waals surface area contributed by atoms with Crippen LogP contribution in [0.25, 0.3) is 0 Å². The lowest BCUT2D eigenvalue weighted by Crippen LogP contribution is -2.37. The topological polar surface area (TPSA) is 155 Å². The molecule has 4 N–H and O–H groups in total. The minimum Gasteiger partial charge on any atom is -0.458 e. The molecule has 0 fully saturated rings. The summed E-state index contributed by atoms with van der Waals surface area (Å²) in [5, 5.41) is 11.0. The third kappa shape index (κ3) is 7.43. The smallest absolute Gasteiger partial charge is 0.329 e. The summed E-state index contributed by atoms with van der Waals surface area (Å²) in [6.07, 6.45) is 4.37. The highest BCUT2D eigenvalue weighted by Crippen LogP contribution is 2.06. The number of carbonyl (C=O) groups excluding carboxylic acids is 4. The van der Waals surface area contributed by atoms with E-state index < -0.39 is 23.6 Å². The maximum absolute atomic E-state index is 11.9. The van der Waals surface area contributed by atoms with Gasteiger partial charge < -0.3 is 20.4 Å². The van der Waals surface area contributed by atoms with Crippen molar-refractivity contribution in [3.05, 3.63) is 84.1 Å². The average Bonchev–Trinajstić information content (AvgIpc) is 3.29. The van der Waals surface area contributed by atoms with E-state index in [-0.39, 0.29) is 18.8 Å². The van der Waals surface area contributed by atoms with E-state index >= 15 is 0 Å². The van der Waals surface area contributed by atoms with Gasteiger partial charge in [-0.15, -0.1) is 0 Å². The van der Waals surface area contributed by atoms with E-state index in [0.29, 0.717) is 11.4 Å². The zero-order valence-electron chi connectivity index (χ0n) is 17.3. The molecule has 168 valence electrons. The minimum atomic E-state index is -0.946. The van der Waals surface area contributed by atoms with Crippen molar-refractivity contribution in [3.8, 4) is 0 Å². The van der Waals surface area contributed by atoms with Crippen molar-refractivity contribution in [1.82, 2.24) is 21.0 Å². The molecule has 0 radical (unpaired) electrons. The molecule has 4 amide bonds. The number of hydrogen-bond donors (Lipinski definition) is 4. The van der Waals surface area contributed by atoms with Crippen molar-refractivity contribution >= 4 is 35.5 Å². The fraction of sp³-hybridized carbons (Fsp3) is 0.0909. The van der Waals surface area contributed by atoms with Crippen molar-refractivity contribution in [2.24, 2.45) is 5.10 Å². The van der Waals surface area contributed by atoms with Gasteiger partial charge in [0.1, 0.15) is 11.5 Å². The number of nitrogens with zero attached hydrogens (tertiary/aromatic N) is 2.